The molecule has 2 unspecified atom stereocenters. The Balaban J connectivity index is 1.76. The minimum absolute atomic E-state index is 0.0719. The molecule has 0 amide bonds. The summed E-state index contributed by atoms with van der Waals surface area (Å²) < 4.78 is 0. The van der Waals surface area contributed by atoms with E-state index < -0.39 is 17.5 Å². The lowest BCUT2D eigenvalue weighted by molar-refractivity contribution is -0.347. The van der Waals surface area contributed by atoms with E-state index >= 15 is 0 Å². The van der Waals surface area contributed by atoms with Crippen LogP contribution in [0.3, 0.4) is 0 Å². The zero-order valence-electron chi connectivity index (χ0n) is 16.4. The van der Waals surface area contributed by atoms with Gasteiger partial charge in [-0.2, -0.15) is 0 Å². The predicted molar refractivity (Wildman–Crippen MR) is 102 cm³/mol. The van der Waals surface area contributed by atoms with Crippen molar-refractivity contribution in [2.24, 2.45) is 23.7 Å². The summed E-state index contributed by atoms with van der Waals surface area (Å²) in [7, 11) is 0. The van der Waals surface area contributed by atoms with E-state index in [0.717, 1.165) is 19.3 Å². The van der Waals surface area contributed by atoms with Crippen molar-refractivity contribution in [1.82, 2.24) is 0 Å². The first-order chi connectivity index (χ1) is 12.7. The average molecular weight is 385 g/mol. The molecular weight excluding hydrogens is 348 g/mol. The molecule has 0 aliphatic heterocycles. The molecule has 0 bridgehead atoms. The Labute approximate surface area is 161 Å². The maximum Gasteiger partial charge on any atom is 0.370 e. The highest BCUT2D eigenvalue weighted by molar-refractivity contribution is 5.76. The fourth-order valence-corrected chi connectivity index (χ4v) is 4.49. The van der Waals surface area contributed by atoms with Crippen LogP contribution < -0.4 is 0 Å². The summed E-state index contributed by atoms with van der Waals surface area (Å²) in [5, 5.41) is 47.3. The van der Waals surface area contributed by atoms with Crippen molar-refractivity contribution in [3.8, 4) is 0 Å². The lowest BCUT2D eigenvalue weighted by Crippen LogP contribution is -2.59. The van der Waals surface area contributed by atoms with E-state index in [0.29, 0.717) is 17.8 Å². The number of hydrogen-bond donors (Lipinski definition) is 5. The molecule has 0 saturated heterocycles. The fourth-order valence-electron chi connectivity index (χ4n) is 4.49. The Morgan fingerprint density at radius 2 is 1.78 bits per heavy atom. The molecule has 156 valence electrons. The molecule has 0 aromatic carbocycles. The molecule has 0 radical (unpaired) electrons. The second kappa shape index (κ2) is 9.50. The smallest absolute Gasteiger partial charge is 0.370 e. The van der Waals surface area contributed by atoms with Gasteiger partial charge >= 0.3 is 11.8 Å². The van der Waals surface area contributed by atoms with E-state index in [2.05, 4.69) is 19.1 Å². The van der Waals surface area contributed by atoms with Crippen LogP contribution >= 0.6 is 0 Å². The number of carbonyl (C=O) groups is 1. The molecule has 2 saturated carbocycles. The number of aliphatic hydroxyl groups is 4. The fraction of sp³-hybridized carbons (Fsp3) is 0.857. The highest BCUT2D eigenvalue weighted by atomic mass is 16.6. The van der Waals surface area contributed by atoms with Crippen molar-refractivity contribution < 1.29 is 30.3 Å². The molecule has 6 heteroatoms. The number of carboxylic acids is 1. The third-order valence-electron chi connectivity index (χ3n) is 6.40. The standard InChI is InChI=1S/C21H36O6/c1-2-3-4-5-6-7-9-15-10-8-11-16(15)12-17-13-18(17)14-20(24,25)21(26,27)19(22)23/h7,9,15-18,24-27H,2-6,8,10-14H2,1H3,(H,22,23)/t15-,16+,17?,18?/m0/s1. The Bertz CT molecular complexity index is 513. The van der Waals surface area contributed by atoms with Gasteiger partial charge < -0.3 is 25.5 Å². The predicted octanol–water partition coefficient (Wildman–Crippen LogP) is 2.79. The largest absolute Gasteiger partial charge is 0.477 e. The molecule has 0 spiro atoms. The lowest BCUT2D eigenvalue weighted by Gasteiger charge is -2.31. The van der Waals surface area contributed by atoms with E-state index in [1.54, 1.807) is 0 Å². The minimum atomic E-state index is -3.55. The second-order valence-electron chi connectivity index (χ2n) is 8.62. The molecule has 4 atom stereocenters. The second-order valence-corrected chi connectivity index (χ2v) is 8.62. The molecule has 2 fully saturated rings. The van der Waals surface area contributed by atoms with Gasteiger partial charge in [-0.1, -0.05) is 44.8 Å². The number of allylic oxidation sites excluding steroid dienone is 2. The number of unbranched alkanes of at least 4 members (excludes halogenated alkanes) is 4. The topological polar surface area (TPSA) is 118 Å². The van der Waals surface area contributed by atoms with Gasteiger partial charge in [-0.15, -0.1) is 0 Å². The van der Waals surface area contributed by atoms with Gasteiger partial charge in [0, 0.05) is 6.42 Å². The quantitative estimate of drug-likeness (QED) is 0.201. The van der Waals surface area contributed by atoms with Crippen LogP contribution in [0.25, 0.3) is 0 Å². The van der Waals surface area contributed by atoms with Crippen molar-refractivity contribution in [1.29, 1.82) is 0 Å². The van der Waals surface area contributed by atoms with Crippen LogP contribution in [0.15, 0.2) is 12.2 Å². The molecule has 0 heterocycles. The molecule has 2 aliphatic rings. The Hall–Kier alpha value is -0.950. The van der Waals surface area contributed by atoms with E-state index in [4.69, 9.17) is 5.11 Å². The van der Waals surface area contributed by atoms with Gasteiger partial charge in [0.25, 0.3) is 0 Å². The summed E-state index contributed by atoms with van der Waals surface area (Å²) in [6.45, 7) is 2.21. The summed E-state index contributed by atoms with van der Waals surface area (Å²) in [5.74, 6) is -7.23. The number of carboxylic acid groups (broad SMARTS) is 1. The van der Waals surface area contributed by atoms with Crippen LogP contribution in [0.2, 0.25) is 0 Å². The molecule has 27 heavy (non-hydrogen) atoms. The normalized spacial score (nSPS) is 28.8. The number of aliphatic carboxylic acids is 1. The summed E-state index contributed by atoms with van der Waals surface area (Å²) in [6, 6.07) is 0. The van der Waals surface area contributed by atoms with E-state index in [-0.39, 0.29) is 12.3 Å². The van der Waals surface area contributed by atoms with Crippen molar-refractivity contribution in [2.45, 2.75) is 89.1 Å². The molecule has 0 aromatic heterocycles. The number of rotatable bonds is 12. The lowest BCUT2D eigenvalue weighted by atomic mass is 9.89. The van der Waals surface area contributed by atoms with Crippen LogP contribution in [0.4, 0.5) is 0 Å². The molecular formula is C21H36O6. The first kappa shape index (κ1) is 22.3. The van der Waals surface area contributed by atoms with Crippen molar-refractivity contribution in [3.05, 3.63) is 12.2 Å². The molecule has 0 aromatic rings. The van der Waals surface area contributed by atoms with Gasteiger partial charge in [0.2, 0.25) is 5.79 Å². The highest BCUT2D eigenvalue weighted by Gasteiger charge is 2.57. The van der Waals surface area contributed by atoms with Gasteiger partial charge in [0.15, 0.2) is 0 Å². The molecule has 5 N–H and O–H groups in total. The van der Waals surface area contributed by atoms with E-state index in [9.17, 15) is 25.2 Å². The van der Waals surface area contributed by atoms with Crippen LogP contribution in [0.1, 0.15) is 77.6 Å². The maximum absolute atomic E-state index is 10.8. The highest BCUT2D eigenvalue weighted by Crippen LogP contribution is 2.51. The van der Waals surface area contributed by atoms with Gasteiger partial charge in [-0.25, -0.2) is 4.79 Å². The van der Waals surface area contributed by atoms with Crippen molar-refractivity contribution >= 4 is 5.97 Å². The van der Waals surface area contributed by atoms with E-state index in [1.165, 1.54) is 44.9 Å². The van der Waals surface area contributed by atoms with Gasteiger partial charge in [-0.05, 0) is 62.2 Å². The molecule has 6 nitrogen and oxygen atoms in total. The van der Waals surface area contributed by atoms with Crippen LogP contribution in [-0.4, -0.2) is 43.1 Å². The monoisotopic (exact) mass is 384 g/mol. The Morgan fingerprint density at radius 3 is 2.44 bits per heavy atom. The van der Waals surface area contributed by atoms with E-state index in [1.807, 2.05) is 0 Å². The third-order valence-corrected chi connectivity index (χ3v) is 6.40. The Morgan fingerprint density at radius 1 is 1.04 bits per heavy atom. The average Bonchev–Trinajstić information content (AvgIpc) is 3.14. The van der Waals surface area contributed by atoms with Crippen molar-refractivity contribution in [2.75, 3.05) is 0 Å². The van der Waals surface area contributed by atoms with Crippen molar-refractivity contribution in [3.63, 3.8) is 0 Å². The molecule has 2 aliphatic carbocycles. The van der Waals surface area contributed by atoms with Crippen LogP contribution in [0.5, 0.6) is 0 Å². The zero-order valence-corrected chi connectivity index (χ0v) is 16.4. The number of hydrogen-bond acceptors (Lipinski definition) is 5. The summed E-state index contributed by atoms with van der Waals surface area (Å²) in [4.78, 5) is 10.8. The Kier molecular flexibility index (Phi) is 7.86. The summed E-state index contributed by atoms with van der Waals surface area (Å²) >= 11 is 0. The van der Waals surface area contributed by atoms with Crippen LogP contribution in [0, 0.1) is 23.7 Å². The first-order valence-electron chi connectivity index (χ1n) is 10.5. The summed E-state index contributed by atoms with van der Waals surface area (Å²) in [5.41, 5.74) is 0. The van der Waals surface area contributed by atoms with Gasteiger partial charge in [0.1, 0.15) is 0 Å². The molecule has 2 rings (SSSR count). The zero-order chi connectivity index (χ0) is 20.1. The third kappa shape index (κ3) is 6.01. The minimum Gasteiger partial charge on any atom is -0.477 e. The van der Waals surface area contributed by atoms with Gasteiger partial charge in [-0.3, -0.25) is 0 Å². The van der Waals surface area contributed by atoms with Gasteiger partial charge in [0.05, 0.1) is 0 Å². The summed E-state index contributed by atoms with van der Waals surface area (Å²) in [6.07, 6.45) is 15.9. The van der Waals surface area contributed by atoms with Crippen LogP contribution in [-0.2, 0) is 4.79 Å². The maximum atomic E-state index is 10.8. The SMILES string of the molecule is CCCCCCC=C[C@H]1CCC[C@@H]1CC1CC1CC(O)(O)C(O)(O)C(=O)O. The first-order valence-corrected chi connectivity index (χ1v) is 10.5.